The third-order valence-electron chi connectivity index (χ3n) is 3.34. The molecule has 100 valence electrons. The Morgan fingerprint density at radius 1 is 1.16 bits per heavy atom. The van der Waals surface area contributed by atoms with Crippen LogP contribution >= 0.6 is 15.9 Å². The van der Waals surface area contributed by atoms with Gasteiger partial charge in [-0.2, -0.15) is 0 Å². The molecule has 0 aliphatic heterocycles. The fraction of sp³-hybridized carbons (Fsp3) is 0.250. The Morgan fingerprint density at radius 2 is 1.84 bits per heavy atom. The molecule has 19 heavy (non-hydrogen) atoms. The largest absolute Gasteiger partial charge is 0.392 e. The number of aliphatic hydroxyl groups excluding tert-OH is 1. The molecule has 1 nitrogen and oxygen atoms in total. The normalized spacial score (nSPS) is 14.1. The molecule has 0 heterocycles. The molecular weight excluding hydrogens is 307 g/mol. The average Bonchev–Trinajstić information content (AvgIpc) is 2.43. The minimum atomic E-state index is -0.541. The predicted octanol–water partition coefficient (Wildman–Crippen LogP) is 4.30. The fourth-order valence-corrected chi connectivity index (χ4v) is 2.49. The van der Waals surface area contributed by atoms with E-state index in [0.29, 0.717) is 6.42 Å². The minimum Gasteiger partial charge on any atom is -0.392 e. The summed E-state index contributed by atoms with van der Waals surface area (Å²) in [5.41, 5.74) is 1.87. The van der Waals surface area contributed by atoms with E-state index < -0.39 is 6.10 Å². The summed E-state index contributed by atoms with van der Waals surface area (Å²) >= 11 is 3.39. The van der Waals surface area contributed by atoms with Gasteiger partial charge in [-0.1, -0.05) is 53.2 Å². The lowest BCUT2D eigenvalue weighted by Gasteiger charge is -2.20. The number of hydrogen-bond donors (Lipinski definition) is 1. The molecule has 2 rings (SSSR count). The molecule has 2 unspecified atom stereocenters. The van der Waals surface area contributed by atoms with Gasteiger partial charge in [-0.3, -0.25) is 0 Å². The highest BCUT2D eigenvalue weighted by atomic mass is 79.9. The summed E-state index contributed by atoms with van der Waals surface area (Å²) in [5, 5.41) is 10.3. The second-order valence-corrected chi connectivity index (χ2v) is 5.56. The molecular formula is C16H16BrFO. The van der Waals surface area contributed by atoms with Crippen LogP contribution in [0.15, 0.2) is 53.0 Å². The van der Waals surface area contributed by atoms with Crippen molar-refractivity contribution < 1.29 is 9.50 Å². The van der Waals surface area contributed by atoms with E-state index in [9.17, 15) is 9.50 Å². The van der Waals surface area contributed by atoms with Crippen LogP contribution < -0.4 is 0 Å². The van der Waals surface area contributed by atoms with E-state index >= 15 is 0 Å². The van der Waals surface area contributed by atoms with E-state index in [0.717, 1.165) is 15.6 Å². The summed E-state index contributed by atoms with van der Waals surface area (Å²) in [6, 6.07) is 14.4. The second-order valence-electron chi connectivity index (χ2n) is 4.71. The van der Waals surface area contributed by atoms with Gasteiger partial charge in [-0.15, -0.1) is 0 Å². The van der Waals surface area contributed by atoms with Crippen molar-refractivity contribution in [3.63, 3.8) is 0 Å². The van der Waals surface area contributed by atoms with Crippen molar-refractivity contribution in [2.75, 3.05) is 0 Å². The topological polar surface area (TPSA) is 20.2 Å². The van der Waals surface area contributed by atoms with E-state index in [-0.39, 0.29) is 11.7 Å². The summed E-state index contributed by atoms with van der Waals surface area (Å²) in [5.74, 6) is -0.269. The molecule has 0 radical (unpaired) electrons. The SMILES string of the molecule is CC(c1ccccc1)C(O)Cc1cc(F)ccc1Br. The number of aliphatic hydroxyl groups is 1. The van der Waals surface area contributed by atoms with Crippen molar-refractivity contribution in [1.29, 1.82) is 0 Å². The Bertz CT molecular complexity index is 542. The Morgan fingerprint density at radius 3 is 2.53 bits per heavy atom. The van der Waals surface area contributed by atoms with Crippen molar-refractivity contribution in [2.45, 2.75) is 25.4 Å². The zero-order chi connectivity index (χ0) is 13.8. The van der Waals surface area contributed by atoms with Crippen LogP contribution in [0.4, 0.5) is 4.39 Å². The molecule has 2 atom stereocenters. The highest BCUT2D eigenvalue weighted by Crippen LogP contribution is 2.25. The molecule has 0 saturated heterocycles. The monoisotopic (exact) mass is 322 g/mol. The van der Waals surface area contributed by atoms with Crippen molar-refractivity contribution in [2.24, 2.45) is 0 Å². The van der Waals surface area contributed by atoms with Crippen molar-refractivity contribution in [3.05, 3.63) is 69.9 Å². The van der Waals surface area contributed by atoms with Crippen molar-refractivity contribution in [3.8, 4) is 0 Å². The van der Waals surface area contributed by atoms with Crippen molar-refractivity contribution >= 4 is 15.9 Å². The van der Waals surface area contributed by atoms with Crippen LogP contribution in [-0.4, -0.2) is 11.2 Å². The summed E-state index contributed by atoms with van der Waals surface area (Å²) in [6.07, 6.45) is -0.116. The van der Waals surface area contributed by atoms with E-state index in [2.05, 4.69) is 15.9 Å². The molecule has 0 spiro atoms. The molecule has 3 heteroatoms. The van der Waals surface area contributed by atoms with Crippen molar-refractivity contribution in [1.82, 2.24) is 0 Å². The van der Waals surface area contributed by atoms with Gasteiger partial charge in [0, 0.05) is 16.8 Å². The molecule has 0 bridgehead atoms. The van der Waals surface area contributed by atoms with E-state index in [4.69, 9.17) is 0 Å². The zero-order valence-corrected chi connectivity index (χ0v) is 12.3. The van der Waals surface area contributed by atoms with Crippen LogP contribution in [0.1, 0.15) is 24.0 Å². The summed E-state index contributed by atoms with van der Waals surface area (Å²) in [7, 11) is 0. The van der Waals surface area contributed by atoms with Crippen LogP contribution in [0.5, 0.6) is 0 Å². The summed E-state index contributed by atoms with van der Waals surface area (Å²) < 4.78 is 14.0. The van der Waals surface area contributed by atoms with Crippen LogP contribution in [0.3, 0.4) is 0 Å². The Balaban J connectivity index is 2.12. The van der Waals surface area contributed by atoms with Gasteiger partial charge in [0.1, 0.15) is 5.82 Å². The van der Waals surface area contributed by atoms with Gasteiger partial charge in [0.2, 0.25) is 0 Å². The molecule has 0 aromatic heterocycles. The van der Waals surface area contributed by atoms with Crippen LogP contribution in [0.25, 0.3) is 0 Å². The molecule has 1 N–H and O–H groups in total. The Labute approximate surface area is 121 Å². The van der Waals surface area contributed by atoms with Crippen LogP contribution in [0, 0.1) is 5.82 Å². The lowest BCUT2D eigenvalue weighted by molar-refractivity contribution is 0.149. The molecule has 0 saturated carbocycles. The molecule has 0 aliphatic rings. The average molecular weight is 323 g/mol. The van der Waals surface area contributed by atoms with E-state index in [1.807, 2.05) is 37.3 Å². The van der Waals surface area contributed by atoms with E-state index in [1.165, 1.54) is 12.1 Å². The van der Waals surface area contributed by atoms with Gasteiger partial charge >= 0.3 is 0 Å². The summed E-state index contributed by atoms with van der Waals surface area (Å²) in [4.78, 5) is 0. The molecule has 2 aromatic rings. The van der Waals surface area contributed by atoms with Gasteiger partial charge in [-0.05, 0) is 29.3 Å². The molecule has 0 fully saturated rings. The third kappa shape index (κ3) is 3.64. The minimum absolute atomic E-state index is 0.0105. The zero-order valence-electron chi connectivity index (χ0n) is 10.7. The first-order valence-corrected chi connectivity index (χ1v) is 7.04. The van der Waals surface area contributed by atoms with Gasteiger partial charge in [0.15, 0.2) is 0 Å². The smallest absolute Gasteiger partial charge is 0.123 e. The number of hydrogen-bond acceptors (Lipinski definition) is 1. The van der Waals surface area contributed by atoms with Crippen LogP contribution in [0.2, 0.25) is 0 Å². The maximum atomic E-state index is 13.2. The predicted molar refractivity (Wildman–Crippen MR) is 78.7 cm³/mol. The number of benzene rings is 2. The Hall–Kier alpha value is -1.19. The number of rotatable bonds is 4. The van der Waals surface area contributed by atoms with Gasteiger partial charge in [0.25, 0.3) is 0 Å². The quantitative estimate of drug-likeness (QED) is 0.890. The van der Waals surface area contributed by atoms with Gasteiger partial charge < -0.3 is 5.11 Å². The maximum Gasteiger partial charge on any atom is 0.123 e. The van der Waals surface area contributed by atoms with Gasteiger partial charge in [0.05, 0.1) is 6.10 Å². The standard InChI is InChI=1S/C16H16BrFO/c1-11(12-5-3-2-4-6-12)16(19)10-13-9-14(18)7-8-15(13)17/h2-9,11,16,19H,10H2,1H3. The molecule has 2 aromatic carbocycles. The Kier molecular flexibility index (Phi) is 4.72. The van der Waals surface area contributed by atoms with Crippen LogP contribution in [-0.2, 0) is 6.42 Å². The highest BCUT2D eigenvalue weighted by molar-refractivity contribution is 9.10. The van der Waals surface area contributed by atoms with Gasteiger partial charge in [-0.25, -0.2) is 4.39 Å². The second kappa shape index (κ2) is 6.31. The lowest BCUT2D eigenvalue weighted by Crippen LogP contribution is -2.19. The fourth-order valence-electron chi connectivity index (χ4n) is 2.08. The van der Waals surface area contributed by atoms with E-state index in [1.54, 1.807) is 6.07 Å². The lowest BCUT2D eigenvalue weighted by atomic mass is 9.91. The highest BCUT2D eigenvalue weighted by Gasteiger charge is 2.17. The first kappa shape index (κ1) is 14.2. The maximum absolute atomic E-state index is 13.2. The first-order chi connectivity index (χ1) is 9.08. The molecule has 0 aliphatic carbocycles. The third-order valence-corrected chi connectivity index (χ3v) is 4.11. The number of halogens is 2. The first-order valence-electron chi connectivity index (χ1n) is 6.25. The summed E-state index contributed by atoms with van der Waals surface area (Å²) in [6.45, 7) is 1.98. The molecule has 0 amide bonds.